The van der Waals surface area contributed by atoms with Crippen LogP contribution in [0.5, 0.6) is 0 Å². The third-order valence-electron chi connectivity index (χ3n) is 2.10. The van der Waals surface area contributed by atoms with Gasteiger partial charge in [0.2, 0.25) is 0 Å². The summed E-state index contributed by atoms with van der Waals surface area (Å²) >= 11 is 0. The van der Waals surface area contributed by atoms with E-state index in [2.05, 4.69) is 6.58 Å². The minimum Gasteiger partial charge on any atom is -0.377 e. The fourth-order valence-corrected chi connectivity index (χ4v) is 4.14. The highest BCUT2D eigenvalue weighted by molar-refractivity contribution is 6.60. The Kier molecular flexibility index (Phi) is 10.8. The van der Waals surface area contributed by atoms with Crippen LogP contribution in [0.25, 0.3) is 0 Å². The van der Waals surface area contributed by atoms with Crippen molar-refractivity contribution in [2.24, 2.45) is 0 Å². The molecule has 0 aromatic carbocycles. The Bertz CT molecular complexity index is 170. The van der Waals surface area contributed by atoms with Gasteiger partial charge in [0, 0.05) is 32.5 Å². The molecule has 0 atom stereocenters. The highest BCUT2D eigenvalue weighted by Gasteiger charge is 2.39. The van der Waals surface area contributed by atoms with E-state index in [9.17, 15) is 0 Å². The van der Waals surface area contributed by atoms with Gasteiger partial charge in [-0.15, -0.1) is 6.58 Å². The van der Waals surface area contributed by atoms with Gasteiger partial charge in [-0.05, 0) is 27.2 Å². The molecule has 0 aromatic heterocycles. The summed E-state index contributed by atoms with van der Waals surface area (Å²) in [6.45, 7) is 12.7. The molecule has 0 amide bonds. The minimum atomic E-state index is -2.46. The zero-order valence-corrected chi connectivity index (χ0v) is 12.4. The Morgan fingerprint density at radius 1 is 1.00 bits per heavy atom. The van der Waals surface area contributed by atoms with Crippen molar-refractivity contribution in [2.75, 3.05) is 33.0 Å². The van der Waals surface area contributed by atoms with Gasteiger partial charge in [0.05, 0.1) is 6.61 Å². The van der Waals surface area contributed by atoms with Gasteiger partial charge in [0.25, 0.3) is 0 Å². The molecule has 0 aliphatic carbocycles. The molecule has 0 aromatic rings. The lowest BCUT2D eigenvalue weighted by atomic mass is 10.5. The van der Waals surface area contributed by atoms with Crippen molar-refractivity contribution in [1.82, 2.24) is 0 Å². The van der Waals surface area contributed by atoms with Gasteiger partial charge in [0.1, 0.15) is 0 Å². The number of hydrogen-bond acceptors (Lipinski definition) is 4. The second-order valence-corrected chi connectivity index (χ2v) is 6.18. The van der Waals surface area contributed by atoms with E-state index < -0.39 is 8.80 Å². The molecule has 0 saturated heterocycles. The Labute approximate surface area is 106 Å². The van der Waals surface area contributed by atoms with Gasteiger partial charge in [-0.2, -0.15) is 0 Å². The van der Waals surface area contributed by atoms with E-state index in [4.69, 9.17) is 18.0 Å². The molecular formula is C12H26O4Si. The van der Waals surface area contributed by atoms with E-state index >= 15 is 0 Å². The van der Waals surface area contributed by atoms with Crippen molar-refractivity contribution >= 4 is 8.80 Å². The molecule has 0 N–H and O–H groups in total. The minimum absolute atomic E-state index is 0.590. The topological polar surface area (TPSA) is 36.9 Å². The third kappa shape index (κ3) is 7.67. The van der Waals surface area contributed by atoms with Crippen molar-refractivity contribution in [3.8, 4) is 0 Å². The van der Waals surface area contributed by atoms with Crippen LogP contribution in [-0.2, 0) is 18.0 Å². The van der Waals surface area contributed by atoms with Crippen molar-refractivity contribution < 1.29 is 18.0 Å². The second-order valence-electron chi connectivity index (χ2n) is 3.45. The molecule has 0 radical (unpaired) electrons. The zero-order chi connectivity index (χ0) is 13.0. The van der Waals surface area contributed by atoms with Gasteiger partial charge >= 0.3 is 8.80 Å². The first-order valence-electron chi connectivity index (χ1n) is 6.35. The lowest BCUT2D eigenvalue weighted by molar-refractivity contribution is 0.0672. The molecule has 0 aliphatic rings. The van der Waals surface area contributed by atoms with Crippen LogP contribution >= 0.6 is 0 Å². The maximum atomic E-state index is 5.74. The smallest absolute Gasteiger partial charge is 0.377 e. The number of ether oxygens (including phenoxy) is 1. The molecule has 0 unspecified atom stereocenters. The SMILES string of the molecule is C=CCOCCC[Si](OCC)(OCC)OCC. The quantitative estimate of drug-likeness (QED) is 0.308. The Morgan fingerprint density at radius 2 is 1.53 bits per heavy atom. The summed E-state index contributed by atoms with van der Waals surface area (Å²) in [7, 11) is -2.46. The average molecular weight is 262 g/mol. The maximum Gasteiger partial charge on any atom is 0.501 e. The Balaban J connectivity index is 4.08. The van der Waals surface area contributed by atoms with Gasteiger partial charge in [0.15, 0.2) is 0 Å². The first-order valence-corrected chi connectivity index (χ1v) is 8.28. The normalized spacial score (nSPS) is 11.7. The van der Waals surface area contributed by atoms with Crippen molar-refractivity contribution in [2.45, 2.75) is 33.2 Å². The van der Waals surface area contributed by atoms with E-state index in [0.29, 0.717) is 33.0 Å². The lowest BCUT2D eigenvalue weighted by Gasteiger charge is -2.28. The van der Waals surface area contributed by atoms with Crippen LogP contribution in [0.1, 0.15) is 27.2 Å². The molecule has 0 fully saturated rings. The summed E-state index contributed by atoms with van der Waals surface area (Å²) in [5, 5.41) is 0. The van der Waals surface area contributed by atoms with Crippen LogP contribution < -0.4 is 0 Å². The summed E-state index contributed by atoms with van der Waals surface area (Å²) in [6.07, 6.45) is 2.64. The fraction of sp³-hybridized carbons (Fsp3) is 0.833. The Morgan fingerprint density at radius 3 is 1.94 bits per heavy atom. The fourth-order valence-electron chi connectivity index (χ4n) is 1.56. The molecule has 0 aliphatic heterocycles. The zero-order valence-electron chi connectivity index (χ0n) is 11.4. The molecule has 0 saturated carbocycles. The van der Waals surface area contributed by atoms with Crippen LogP contribution in [0, 0.1) is 0 Å². The van der Waals surface area contributed by atoms with Crippen molar-refractivity contribution in [3.05, 3.63) is 12.7 Å². The monoisotopic (exact) mass is 262 g/mol. The molecule has 17 heavy (non-hydrogen) atoms. The second kappa shape index (κ2) is 10.9. The van der Waals surface area contributed by atoms with Crippen molar-refractivity contribution in [1.29, 1.82) is 0 Å². The van der Waals surface area contributed by atoms with Crippen LogP contribution in [0.15, 0.2) is 12.7 Å². The molecule has 0 spiro atoms. The number of rotatable bonds is 12. The van der Waals surface area contributed by atoms with E-state index in [1.54, 1.807) is 6.08 Å². The highest BCUT2D eigenvalue weighted by Crippen LogP contribution is 2.18. The molecular weight excluding hydrogens is 236 g/mol. The molecule has 4 nitrogen and oxygen atoms in total. The summed E-state index contributed by atoms with van der Waals surface area (Å²) in [5.41, 5.74) is 0. The third-order valence-corrected chi connectivity index (χ3v) is 5.25. The van der Waals surface area contributed by atoms with E-state index in [1.165, 1.54) is 0 Å². The Hall–Kier alpha value is -0.203. The van der Waals surface area contributed by atoms with E-state index in [-0.39, 0.29) is 0 Å². The molecule has 0 heterocycles. The van der Waals surface area contributed by atoms with Gasteiger partial charge < -0.3 is 18.0 Å². The summed E-state index contributed by atoms with van der Waals surface area (Å²) < 4.78 is 22.6. The number of hydrogen-bond donors (Lipinski definition) is 0. The summed E-state index contributed by atoms with van der Waals surface area (Å²) in [6, 6.07) is 0.805. The molecule has 102 valence electrons. The van der Waals surface area contributed by atoms with Crippen molar-refractivity contribution in [3.63, 3.8) is 0 Å². The lowest BCUT2D eigenvalue weighted by Crippen LogP contribution is -2.46. The van der Waals surface area contributed by atoms with Crippen LogP contribution in [0.2, 0.25) is 6.04 Å². The molecule has 0 bridgehead atoms. The van der Waals surface area contributed by atoms with Gasteiger partial charge in [-0.3, -0.25) is 0 Å². The van der Waals surface area contributed by atoms with Crippen LogP contribution in [0.3, 0.4) is 0 Å². The first-order chi connectivity index (χ1) is 8.24. The predicted molar refractivity (Wildman–Crippen MR) is 71.1 cm³/mol. The average Bonchev–Trinajstić information content (AvgIpc) is 2.30. The largest absolute Gasteiger partial charge is 0.501 e. The standard InChI is InChI=1S/C12H26O4Si/c1-5-10-13-11-9-12-17(14-6-2,15-7-3)16-8-4/h5H,1,6-12H2,2-4H3. The predicted octanol–water partition coefficient (Wildman–Crippen LogP) is 2.63. The van der Waals surface area contributed by atoms with Gasteiger partial charge in [-0.1, -0.05) is 6.08 Å². The van der Waals surface area contributed by atoms with E-state index in [0.717, 1.165) is 12.5 Å². The highest BCUT2D eigenvalue weighted by atomic mass is 28.4. The van der Waals surface area contributed by atoms with E-state index in [1.807, 2.05) is 20.8 Å². The summed E-state index contributed by atoms with van der Waals surface area (Å²) in [4.78, 5) is 0. The van der Waals surface area contributed by atoms with Gasteiger partial charge in [-0.25, -0.2) is 0 Å². The molecule has 5 heteroatoms. The maximum absolute atomic E-state index is 5.74. The van der Waals surface area contributed by atoms with Crippen LogP contribution in [-0.4, -0.2) is 41.8 Å². The first kappa shape index (κ1) is 16.8. The summed E-state index contributed by atoms with van der Waals surface area (Å²) in [5.74, 6) is 0. The molecule has 0 rings (SSSR count). The van der Waals surface area contributed by atoms with Crippen LogP contribution in [0.4, 0.5) is 0 Å².